The Kier molecular flexibility index (Phi) is 4.75. The molecular weight excluding hydrogens is 324 g/mol. The van der Waals surface area contributed by atoms with Crippen molar-refractivity contribution < 1.29 is 13.5 Å². The van der Waals surface area contributed by atoms with E-state index < -0.39 is 10.0 Å². The molecule has 1 atom stereocenters. The highest BCUT2D eigenvalue weighted by atomic mass is 35.5. The monoisotopic (exact) mass is 344 g/mol. The van der Waals surface area contributed by atoms with Gasteiger partial charge in [-0.3, -0.25) is 4.90 Å². The van der Waals surface area contributed by atoms with Crippen LogP contribution < -0.4 is 0 Å². The molecule has 1 N–H and O–H groups in total. The van der Waals surface area contributed by atoms with Gasteiger partial charge in [-0.05, 0) is 30.9 Å². The molecule has 7 heteroatoms. The number of hydrogen-bond acceptors (Lipinski definition) is 4. The van der Waals surface area contributed by atoms with Crippen LogP contribution in [-0.4, -0.2) is 61.6 Å². The standard InChI is InChI=1S/C15H21ClN2O3S/c16-13-3-1-2-4-15(13)22(20,21)18-9-7-17(8-10-18)14(11-19)12-5-6-12/h1-4,12,14,19H,5-11H2/t14-/m0/s1. The quantitative estimate of drug-likeness (QED) is 0.877. The third kappa shape index (κ3) is 3.16. The minimum Gasteiger partial charge on any atom is -0.395 e. The Labute approximate surface area is 136 Å². The third-order valence-corrected chi connectivity index (χ3v) is 6.95. The smallest absolute Gasteiger partial charge is 0.244 e. The number of rotatable bonds is 5. The lowest BCUT2D eigenvalue weighted by molar-refractivity contribution is 0.0779. The Bertz CT molecular complexity index is 625. The summed E-state index contributed by atoms with van der Waals surface area (Å²) in [6.07, 6.45) is 2.34. The third-order valence-electron chi connectivity index (χ3n) is 4.55. The number of piperazine rings is 1. The van der Waals surface area contributed by atoms with Gasteiger partial charge in [0.2, 0.25) is 10.0 Å². The van der Waals surface area contributed by atoms with Gasteiger partial charge >= 0.3 is 0 Å². The van der Waals surface area contributed by atoms with Crippen LogP contribution in [0.3, 0.4) is 0 Å². The van der Waals surface area contributed by atoms with Crippen molar-refractivity contribution in [3.63, 3.8) is 0 Å². The number of aliphatic hydroxyl groups is 1. The van der Waals surface area contributed by atoms with Crippen molar-refractivity contribution >= 4 is 21.6 Å². The van der Waals surface area contributed by atoms with Gasteiger partial charge in [-0.15, -0.1) is 0 Å². The maximum absolute atomic E-state index is 12.7. The second-order valence-corrected chi connectivity index (χ2v) is 8.27. The van der Waals surface area contributed by atoms with Crippen LogP contribution in [0.15, 0.2) is 29.2 Å². The predicted molar refractivity (Wildman–Crippen MR) is 85.4 cm³/mol. The fraction of sp³-hybridized carbons (Fsp3) is 0.600. The average molecular weight is 345 g/mol. The van der Waals surface area contributed by atoms with Crippen LogP contribution in [0, 0.1) is 5.92 Å². The Morgan fingerprint density at radius 1 is 1.18 bits per heavy atom. The Hall–Kier alpha value is -0.660. The van der Waals surface area contributed by atoms with Crippen molar-refractivity contribution in [3.05, 3.63) is 29.3 Å². The van der Waals surface area contributed by atoms with Gasteiger partial charge in [0.05, 0.1) is 11.6 Å². The molecule has 0 bridgehead atoms. The molecule has 2 fully saturated rings. The van der Waals surface area contributed by atoms with E-state index in [-0.39, 0.29) is 22.6 Å². The molecule has 0 radical (unpaired) electrons. The minimum atomic E-state index is -3.54. The van der Waals surface area contributed by atoms with Gasteiger partial charge < -0.3 is 5.11 Å². The van der Waals surface area contributed by atoms with E-state index in [2.05, 4.69) is 4.90 Å². The molecule has 5 nitrogen and oxygen atoms in total. The van der Waals surface area contributed by atoms with Crippen LogP contribution in [0.1, 0.15) is 12.8 Å². The summed E-state index contributed by atoms with van der Waals surface area (Å²) in [6, 6.07) is 6.74. The molecule has 0 spiro atoms. The van der Waals surface area contributed by atoms with Crippen LogP contribution in [0.5, 0.6) is 0 Å². The lowest BCUT2D eigenvalue weighted by Gasteiger charge is -2.38. The van der Waals surface area contributed by atoms with Gasteiger partial charge in [0.1, 0.15) is 4.90 Å². The normalized spacial score (nSPS) is 22.6. The zero-order chi connectivity index (χ0) is 15.7. The van der Waals surface area contributed by atoms with Gasteiger partial charge in [-0.2, -0.15) is 4.31 Å². The van der Waals surface area contributed by atoms with Gasteiger partial charge in [-0.1, -0.05) is 23.7 Å². The number of aliphatic hydroxyl groups excluding tert-OH is 1. The van der Waals surface area contributed by atoms with Gasteiger partial charge in [0, 0.05) is 32.2 Å². The number of hydrogen-bond donors (Lipinski definition) is 1. The van der Waals surface area contributed by atoms with E-state index in [1.54, 1.807) is 24.3 Å². The van der Waals surface area contributed by atoms with Crippen molar-refractivity contribution in [2.24, 2.45) is 5.92 Å². The molecule has 22 heavy (non-hydrogen) atoms. The first kappa shape index (κ1) is 16.2. The second kappa shape index (κ2) is 6.45. The van der Waals surface area contributed by atoms with Crippen LogP contribution in [0.4, 0.5) is 0 Å². The van der Waals surface area contributed by atoms with E-state index >= 15 is 0 Å². The van der Waals surface area contributed by atoms with Crippen LogP contribution >= 0.6 is 11.6 Å². The molecule has 0 amide bonds. The zero-order valence-electron chi connectivity index (χ0n) is 12.4. The van der Waals surface area contributed by atoms with Gasteiger partial charge in [0.25, 0.3) is 0 Å². The fourth-order valence-electron chi connectivity index (χ4n) is 3.11. The van der Waals surface area contributed by atoms with Gasteiger partial charge in [0.15, 0.2) is 0 Å². The summed E-state index contributed by atoms with van der Waals surface area (Å²) in [5.41, 5.74) is 0. The molecular formula is C15H21ClN2O3S. The van der Waals surface area contributed by atoms with Crippen LogP contribution in [-0.2, 0) is 10.0 Å². The first-order valence-corrected chi connectivity index (χ1v) is 9.45. The number of sulfonamides is 1. The van der Waals surface area contributed by atoms with E-state index in [1.807, 2.05) is 0 Å². The molecule has 1 heterocycles. The molecule has 1 saturated carbocycles. The number of benzene rings is 1. The molecule has 122 valence electrons. The number of halogens is 1. The average Bonchev–Trinajstić information content (AvgIpc) is 3.34. The summed E-state index contributed by atoms with van der Waals surface area (Å²) < 4.78 is 26.8. The molecule has 1 aliphatic carbocycles. The minimum absolute atomic E-state index is 0.155. The van der Waals surface area contributed by atoms with E-state index in [4.69, 9.17) is 11.6 Å². The van der Waals surface area contributed by atoms with E-state index in [9.17, 15) is 13.5 Å². The highest BCUT2D eigenvalue weighted by Gasteiger charge is 2.38. The molecule has 3 rings (SSSR count). The highest BCUT2D eigenvalue weighted by molar-refractivity contribution is 7.89. The molecule has 1 aliphatic heterocycles. The van der Waals surface area contributed by atoms with Crippen molar-refractivity contribution in [2.75, 3.05) is 32.8 Å². The van der Waals surface area contributed by atoms with Crippen molar-refractivity contribution in [1.29, 1.82) is 0 Å². The Morgan fingerprint density at radius 2 is 1.82 bits per heavy atom. The molecule has 1 aromatic rings. The maximum Gasteiger partial charge on any atom is 0.244 e. The van der Waals surface area contributed by atoms with E-state index in [1.165, 1.54) is 17.1 Å². The largest absolute Gasteiger partial charge is 0.395 e. The van der Waals surface area contributed by atoms with Crippen LogP contribution in [0.25, 0.3) is 0 Å². The maximum atomic E-state index is 12.7. The highest BCUT2D eigenvalue weighted by Crippen LogP contribution is 2.35. The molecule has 1 saturated heterocycles. The Morgan fingerprint density at radius 3 is 2.36 bits per heavy atom. The van der Waals surface area contributed by atoms with Crippen LogP contribution in [0.2, 0.25) is 5.02 Å². The molecule has 0 unspecified atom stereocenters. The fourth-order valence-corrected chi connectivity index (χ4v) is 5.03. The van der Waals surface area contributed by atoms with E-state index in [0.29, 0.717) is 32.1 Å². The summed E-state index contributed by atoms with van der Waals surface area (Å²) >= 11 is 6.03. The zero-order valence-corrected chi connectivity index (χ0v) is 13.9. The molecule has 0 aromatic heterocycles. The first-order valence-electron chi connectivity index (χ1n) is 7.63. The molecule has 2 aliphatic rings. The lowest BCUT2D eigenvalue weighted by Crippen LogP contribution is -2.53. The summed E-state index contributed by atoms with van der Waals surface area (Å²) in [5, 5.41) is 9.80. The number of nitrogens with zero attached hydrogens (tertiary/aromatic N) is 2. The van der Waals surface area contributed by atoms with Crippen molar-refractivity contribution in [3.8, 4) is 0 Å². The van der Waals surface area contributed by atoms with Gasteiger partial charge in [-0.25, -0.2) is 8.42 Å². The van der Waals surface area contributed by atoms with Crippen molar-refractivity contribution in [1.82, 2.24) is 9.21 Å². The topological polar surface area (TPSA) is 60.9 Å². The second-order valence-electron chi connectivity index (χ2n) is 5.96. The molecule has 1 aromatic carbocycles. The lowest BCUT2D eigenvalue weighted by atomic mass is 10.1. The summed E-state index contributed by atoms with van der Waals surface area (Å²) in [5.74, 6) is 0.580. The summed E-state index contributed by atoms with van der Waals surface area (Å²) in [4.78, 5) is 2.39. The predicted octanol–water partition coefficient (Wildman–Crippen LogP) is 1.42. The first-order chi connectivity index (χ1) is 10.5. The SMILES string of the molecule is O=S(=O)(c1ccccc1Cl)N1CCN([C@@H](CO)C2CC2)CC1. The van der Waals surface area contributed by atoms with E-state index in [0.717, 1.165) is 0 Å². The summed E-state index contributed by atoms with van der Waals surface area (Å²) in [6.45, 7) is 2.35. The summed E-state index contributed by atoms with van der Waals surface area (Å²) in [7, 11) is -3.54. The Balaban J connectivity index is 1.69. The van der Waals surface area contributed by atoms with Crippen molar-refractivity contribution in [2.45, 2.75) is 23.8 Å².